The second-order valence-electron chi connectivity index (χ2n) is 8.28. The second kappa shape index (κ2) is 8.73. The molecule has 4 N–H and O–H groups in total. The van der Waals surface area contributed by atoms with E-state index in [1.54, 1.807) is 18.2 Å². The molecule has 4 aromatic rings. The highest BCUT2D eigenvalue weighted by Gasteiger charge is 2.34. The number of likely N-dealkylation sites (tertiary alicyclic amines) is 1. The number of nitrogens with two attached hydrogens (primary N) is 1. The fraction of sp³-hybridized carbons (Fsp3) is 0.261. The minimum Gasteiger partial charge on any atom is -0.368 e. The lowest BCUT2D eigenvalue weighted by Crippen LogP contribution is -2.43. The number of primary amides is 1. The largest absolute Gasteiger partial charge is 0.368 e. The Morgan fingerprint density at radius 2 is 2.03 bits per heavy atom. The first-order valence-corrected chi connectivity index (χ1v) is 11.5. The third-order valence-electron chi connectivity index (χ3n) is 6.02. The van der Waals surface area contributed by atoms with Crippen LogP contribution in [0.3, 0.4) is 0 Å². The van der Waals surface area contributed by atoms with Gasteiger partial charge in [0, 0.05) is 17.0 Å². The van der Waals surface area contributed by atoms with Crippen LogP contribution >= 0.6 is 23.2 Å². The maximum absolute atomic E-state index is 13.1. The number of H-pyrrole nitrogens is 1. The van der Waals surface area contributed by atoms with Crippen LogP contribution in [0.2, 0.25) is 10.0 Å². The molecule has 9 nitrogen and oxygen atoms in total. The number of hydrogen-bond donors (Lipinski definition) is 3. The zero-order valence-corrected chi connectivity index (χ0v) is 19.7. The van der Waals surface area contributed by atoms with E-state index in [1.807, 2.05) is 19.1 Å². The molecule has 3 heterocycles. The Hall–Kier alpha value is -3.43. The maximum Gasteiger partial charge on any atom is 0.256 e. The first kappa shape index (κ1) is 22.4. The van der Waals surface area contributed by atoms with Crippen LogP contribution in [0.25, 0.3) is 21.9 Å². The molecule has 0 bridgehead atoms. The molecule has 1 aliphatic rings. The zero-order valence-electron chi connectivity index (χ0n) is 18.2. The molecule has 5 rings (SSSR count). The third-order valence-corrected chi connectivity index (χ3v) is 6.57. The monoisotopic (exact) mass is 497 g/mol. The number of nitrogens with one attached hydrogen (secondary N) is 2. The van der Waals surface area contributed by atoms with Gasteiger partial charge in [-0.3, -0.25) is 9.59 Å². The molecule has 174 valence electrons. The number of benzene rings is 2. The van der Waals surface area contributed by atoms with E-state index in [1.165, 1.54) is 11.2 Å². The molecule has 0 aliphatic carbocycles. The normalized spacial score (nSPS) is 16.8. The van der Waals surface area contributed by atoms with Gasteiger partial charge in [-0.25, -0.2) is 15.0 Å². The Labute approximate surface area is 204 Å². The van der Waals surface area contributed by atoms with Crippen molar-refractivity contribution in [2.75, 3.05) is 11.9 Å². The lowest BCUT2D eigenvalue weighted by atomic mass is 10.1. The summed E-state index contributed by atoms with van der Waals surface area (Å²) in [7, 11) is 0. The number of rotatable bonds is 5. The molecule has 1 fully saturated rings. The van der Waals surface area contributed by atoms with Crippen LogP contribution in [0.15, 0.2) is 36.7 Å². The molecule has 0 saturated carbocycles. The van der Waals surface area contributed by atoms with E-state index >= 15 is 0 Å². The minimum absolute atomic E-state index is 0.217. The highest BCUT2D eigenvalue weighted by molar-refractivity contribution is 6.35. The van der Waals surface area contributed by atoms with Gasteiger partial charge in [0.1, 0.15) is 24.0 Å². The summed E-state index contributed by atoms with van der Waals surface area (Å²) in [6.45, 7) is 2.40. The molecule has 2 aromatic carbocycles. The molecule has 0 spiro atoms. The fourth-order valence-corrected chi connectivity index (χ4v) is 4.71. The summed E-state index contributed by atoms with van der Waals surface area (Å²) in [6.07, 6.45) is 2.68. The van der Waals surface area contributed by atoms with Crippen molar-refractivity contribution in [3.63, 3.8) is 0 Å². The average molecular weight is 498 g/mol. The summed E-state index contributed by atoms with van der Waals surface area (Å²) in [4.78, 5) is 42.9. The van der Waals surface area contributed by atoms with Crippen molar-refractivity contribution < 1.29 is 9.59 Å². The third kappa shape index (κ3) is 4.01. The van der Waals surface area contributed by atoms with Crippen molar-refractivity contribution in [1.82, 2.24) is 24.8 Å². The zero-order chi connectivity index (χ0) is 24.0. The van der Waals surface area contributed by atoms with E-state index in [2.05, 4.69) is 25.3 Å². The lowest BCUT2D eigenvalue weighted by Gasteiger charge is -2.23. The summed E-state index contributed by atoms with van der Waals surface area (Å²) >= 11 is 12.6. The van der Waals surface area contributed by atoms with Crippen molar-refractivity contribution in [2.45, 2.75) is 31.8 Å². The van der Waals surface area contributed by atoms with E-state index < -0.39 is 11.9 Å². The number of imidazole rings is 1. The van der Waals surface area contributed by atoms with Crippen LogP contribution in [0.4, 0.5) is 5.82 Å². The smallest absolute Gasteiger partial charge is 0.256 e. The fourth-order valence-electron chi connectivity index (χ4n) is 4.30. The van der Waals surface area contributed by atoms with Gasteiger partial charge in [-0.2, -0.15) is 0 Å². The van der Waals surface area contributed by atoms with Gasteiger partial charge in [-0.05, 0) is 50.1 Å². The predicted octanol–water partition coefficient (Wildman–Crippen LogP) is 4.08. The molecule has 11 heteroatoms. The lowest BCUT2D eigenvalue weighted by molar-refractivity contribution is -0.121. The Kier molecular flexibility index (Phi) is 5.75. The number of halogens is 2. The minimum atomic E-state index is -0.624. The summed E-state index contributed by atoms with van der Waals surface area (Å²) in [6, 6.07) is 7.91. The van der Waals surface area contributed by atoms with Crippen LogP contribution in [0.1, 0.15) is 42.0 Å². The molecular formula is C23H21Cl2N7O2. The molecule has 34 heavy (non-hydrogen) atoms. The molecule has 2 atom stereocenters. The molecule has 2 aromatic heterocycles. The van der Waals surface area contributed by atoms with Crippen LogP contribution in [-0.2, 0) is 4.79 Å². The Bertz CT molecular complexity index is 1440. The van der Waals surface area contributed by atoms with Crippen LogP contribution in [0, 0.1) is 0 Å². The van der Waals surface area contributed by atoms with E-state index in [9.17, 15) is 9.59 Å². The maximum atomic E-state index is 13.1. The summed E-state index contributed by atoms with van der Waals surface area (Å²) in [5, 5.41) is 4.87. The summed E-state index contributed by atoms with van der Waals surface area (Å²) in [5.41, 5.74) is 7.93. The average Bonchev–Trinajstić information content (AvgIpc) is 3.46. The quantitative estimate of drug-likeness (QED) is 0.380. The van der Waals surface area contributed by atoms with Crippen molar-refractivity contribution in [1.29, 1.82) is 0 Å². The van der Waals surface area contributed by atoms with E-state index in [4.69, 9.17) is 28.9 Å². The van der Waals surface area contributed by atoms with Gasteiger partial charge in [0.2, 0.25) is 5.91 Å². The number of carbonyl (C=O) groups is 2. The van der Waals surface area contributed by atoms with Crippen molar-refractivity contribution in [2.24, 2.45) is 5.73 Å². The van der Waals surface area contributed by atoms with E-state index in [-0.39, 0.29) is 22.5 Å². The second-order valence-corrected chi connectivity index (χ2v) is 9.12. The standard InChI is InChI=1S/C23H21Cl2N7O2/c1-11(21-30-16-5-4-12(24)7-18(16)31-21)29-22-14-8-15(25)13(9-17(14)27-10-28-22)23(34)32-6-2-3-19(32)20(26)33/h4-5,7-11,19H,2-3,6H2,1H3,(H2,26,33)(H,30,31)(H,27,28,29)/t11-,19-/m1/s1. The number of hydrogen-bond acceptors (Lipinski definition) is 6. The number of aromatic amines is 1. The first-order chi connectivity index (χ1) is 16.3. The topological polar surface area (TPSA) is 130 Å². The number of carbonyl (C=O) groups excluding carboxylic acids is 2. The first-order valence-electron chi connectivity index (χ1n) is 10.8. The van der Waals surface area contributed by atoms with Gasteiger partial charge >= 0.3 is 0 Å². The van der Waals surface area contributed by atoms with Gasteiger partial charge < -0.3 is 20.9 Å². The van der Waals surface area contributed by atoms with Crippen molar-refractivity contribution >= 4 is 62.8 Å². The van der Waals surface area contributed by atoms with Crippen LogP contribution in [-0.4, -0.2) is 49.2 Å². The highest BCUT2D eigenvalue weighted by atomic mass is 35.5. The molecule has 0 unspecified atom stereocenters. The molecular weight excluding hydrogens is 477 g/mol. The Morgan fingerprint density at radius 1 is 1.21 bits per heavy atom. The van der Waals surface area contributed by atoms with Gasteiger partial charge in [0.15, 0.2) is 0 Å². The van der Waals surface area contributed by atoms with Gasteiger partial charge in [0.25, 0.3) is 5.91 Å². The number of amides is 2. The molecule has 1 saturated heterocycles. The number of anilines is 1. The number of nitrogens with zero attached hydrogens (tertiary/aromatic N) is 4. The SMILES string of the molecule is C[C@@H](Nc1ncnc2cc(C(=O)N3CCC[C@@H]3C(N)=O)c(Cl)cc12)c1nc2ccc(Cl)cc2[nH]1. The Balaban J connectivity index is 1.45. The number of aromatic nitrogens is 4. The molecule has 2 amide bonds. The van der Waals surface area contributed by atoms with E-state index in [0.717, 1.165) is 11.0 Å². The van der Waals surface area contributed by atoms with Crippen LogP contribution < -0.4 is 11.1 Å². The Morgan fingerprint density at radius 3 is 2.82 bits per heavy atom. The van der Waals surface area contributed by atoms with Crippen LogP contribution in [0.5, 0.6) is 0 Å². The predicted molar refractivity (Wildman–Crippen MR) is 131 cm³/mol. The molecule has 0 radical (unpaired) electrons. The van der Waals surface area contributed by atoms with Crippen molar-refractivity contribution in [3.8, 4) is 0 Å². The van der Waals surface area contributed by atoms with Gasteiger partial charge in [0.05, 0.1) is 33.2 Å². The van der Waals surface area contributed by atoms with Gasteiger partial charge in [-0.15, -0.1) is 0 Å². The summed E-state index contributed by atoms with van der Waals surface area (Å²) < 4.78 is 0. The van der Waals surface area contributed by atoms with Crippen molar-refractivity contribution in [3.05, 3.63) is 58.1 Å². The molecule has 1 aliphatic heterocycles. The highest BCUT2D eigenvalue weighted by Crippen LogP contribution is 2.31. The van der Waals surface area contributed by atoms with E-state index in [0.29, 0.717) is 47.0 Å². The summed E-state index contributed by atoms with van der Waals surface area (Å²) in [5.74, 6) is 0.413. The van der Waals surface area contributed by atoms with Gasteiger partial charge in [-0.1, -0.05) is 23.2 Å². The number of fused-ring (bicyclic) bond motifs is 2.